The van der Waals surface area contributed by atoms with E-state index in [4.69, 9.17) is 10.5 Å². The van der Waals surface area contributed by atoms with Gasteiger partial charge in [-0.15, -0.1) is 11.3 Å². The molecule has 3 N–H and O–H groups in total. The molecule has 2 bridgehead atoms. The lowest BCUT2D eigenvalue weighted by molar-refractivity contribution is -0.151. The third-order valence-corrected chi connectivity index (χ3v) is 9.60. The fourth-order valence-corrected chi connectivity index (χ4v) is 8.00. The summed E-state index contributed by atoms with van der Waals surface area (Å²) in [7, 11) is 1.73. The highest BCUT2D eigenvalue weighted by atomic mass is 32.1. The molecule has 162 valence electrons. The highest BCUT2D eigenvalue weighted by molar-refractivity contribution is 7.17. The van der Waals surface area contributed by atoms with Crippen molar-refractivity contribution in [3.63, 3.8) is 0 Å². The molecule has 6 nitrogen and oxygen atoms in total. The van der Waals surface area contributed by atoms with Crippen molar-refractivity contribution in [2.45, 2.75) is 55.6 Å². The van der Waals surface area contributed by atoms with E-state index in [1.54, 1.807) is 18.4 Å². The monoisotopic (exact) mass is 436 g/mol. The third-order valence-electron chi connectivity index (χ3n) is 8.50. The van der Waals surface area contributed by atoms with Crippen LogP contribution in [0, 0.1) is 5.92 Å². The Morgan fingerprint density at radius 3 is 3.00 bits per heavy atom. The largest absolute Gasteiger partial charge is 0.497 e. The molecule has 1 saturated carbocycles. The fourth-order valence-electron chi connectivity index (χ4n) is 6.78. The molecule has 3 heterocycles. The van der Waals surface area contributed by atoms with E-state index >= 15 is 0 Å². The third kappa shape index (κ3) is 2.37. The SMILES string of the molecule is COc1ccc2c(c1)[C@@]13CCN(CC4CC4)[C@@H](C2)[C@]1(O)Cc1sc2nc(N)cn2c1C3. The van der Waals surface area contributed by atoms with Crippen molar-refractivity contribution >= 4 is 22.1 Å². The minimum Gasteiger partial charge on any atom is -0.497 e. The van der Waals surface area contributed by atoms with Gasteiger partial charge in [0.15, 0.2) is 4.96 Å². The van der Waals surface area contributed by atoms with E-state index in [0.717, 1.165) is 49.0 Å². The van der Waals surface area contributed by atoms with Gasteiger partial charge in [-0.3, -0.25) is 9.30 Å². The molecule has 0 amide bonds. The molecule has 1 aromatic carbocycles. The van der Waals surface area contributed by atoms with Crippen LogP contribution in [-0.4, -0.2) is 51.2 Å². The van der Waals surface area contributed by atoms with E-state index < -0.39 is 5.60 Å². The number of nitrogen functional groups attached to an aromatic ring is 1. The van der Waals surface area contributed by atoms with E-state index in [2.05, 4.69) is 32.5 Å². The Labute approximate surface area is 185 Å². The predicted octanol–water partition coefficient (Wildman–Crippen LogP) is 2.79. The van der Waals surface area contributed by atoms with E-state index in [9.17, 15) is 5.11 Å². The number of piperidine rings is 1. The summed E-state index contributed by atoms with van der Waals surface area (Å²) in [4.78, 5) is 9.35. The highest BCUT2D eigenvalue weighted by Gasteiger charge is 2.65. The lowest BCUT2D eigenvalue weighted by atomic mass is 9.50. The number of rotatable bonds is 3. The molecular weight excluding hydrogens is 408 g/mol. The minimum absolute atomic E-state index is 0.162. The molecule has 3 aromatic rings. The van der Waals surface area contributed by atoms with Crippen LogP contribution < -0.4 is 10.5 Å². The summed E-state index contributed by atoms with van der Waals surface area (Å²) < 4.78 is 7.79. The summed E-state index contributed by atoms with van der Waals surface area (Å²) in [6.45, 7) is 2.18. The van der Waals surface area contributed by atoms with E-state index in [1.165, 1.54) is 34.5 Å². The Morgan fingerprint density at radius 2 is 2.19 bits per heavy atom. The zero-order valence-corrected chi connectivity index (χ0v) is 18.6. The Balaban J connectivity index is 1.44. The van der Waals surface area contributed by atoms with Gasteiger partial charge in [0.05, 0.1) is 18.9 Å². The van der Waals surface area contributed by atoms with Crippen molar-refractivity contribution in [2.24, 2.45) is 5.92 Å². The molecule has 4 aliphatic rings. The summed E-state index contributed by atoms with van der Waals surface area (Å²) in [5, 5.41) is 12.6. The standard InChI is InChI=1S/C24H28N4O2S/c1-30-16-5-4-15-8-20-24(29)11-19-18(28-13-21(25)26-22(28)31-19)10-23(24,17(15)9-16)6-7-27(20)12-14-2-3-14/h4-5,9,13-14,20,29H,2-3,6-8,10-12,25H2,1H3/t20-,23-,24+/m0/s1. The number of imidazole rings is 1. The number of nitrogens with two attached hydrogens (primary N) is 1. The first-order valence-corrected chi connectivity index (χ1v) is 12.2. The number of nitrogens with zero attached hydrogens (tertiary/aromatic N) is 3. The maximum atomic E-state index is 12.6. The Hall–Kier alpha value is -2.09. The summed E-state index contributed by atoms with van der Waals surface area (Å²) >= 11 is 1.70. The number of ether oxygens (including phenoxy) is 1. The van der Waals surface area contributed by atoms with Gasteiger partial charge in [0.2, 0.25) is 0 Å². The average molecular weight is 437 g/mol. The van der Waals surface area contributed by atoms with E-state index in [1.807, 2.05) is 6.20 Å². The molecule has 3 atom stereocenters. The van der Waals surface area contributed by atoms with E-state index in [0.29, 0.717) is 12.2 Å². The highest BCUT2D eigenvalue weighted by Crippen LogP contribution is 2.58. The van der Waals surface area contributed by atoms with Crippen molar-refractivity contribution in [1.29, 1.82) is 0 Å². The predicted molar refractivity (Wildman–Crippen MR) is 121 cm³/mol. The number of aromatic nitrogens is 2. The van der Waals surface area contributed by atoms with Crippen molar-refractivity contribution in [3.05, 3.63) is 46.1 Å². The van der Waals surface area contributed by atoms with Gasteiger partial charge in [-0.1, -0.05) is 6.07 Å². The second-order valence-electron chi connectivity index (χ2n) is 10.1. The number of hydrogen-bond donors (Lipinski definition) is 2. The van der Waals surface area contributed by atoms with Crippen LogP contribution in [0.3, 0.4) is 0 Å². The maximum Gasteiger partial charge on any atom is 0.196 e. The molecule has 0 spiro atoms. The second kappa shape index (κ2) is 6.03. The van der Waals surface area contributed by atoms with Crippen LogP contribution in [0.4, 0.5) is 5.82 Å². The van der Waals surface area contributed by atoms with Crippen LogP contribution in [0.1, 0.15) is 41.0 Å². The first-order valence-electron chi connectivity index (χ1n) is 11.4. The molecule has 31 heavy (non-hydrogen) atoms. The summed E-state index contributed by atoms with van der Waals surface area (Å²) in [6.07, 6.45) is 8.02. The quantitative estimate of drug-likeness (QED) is 0.660. The second-order valence-corrected chi connectivity index (χ2v) is 11.1. The number of benzene rings is 1. The van der Waals surface area contributed by atoms with Crippen molar-refractivity contribution in [1.82, 2.24) is 14.3 Å². The van der Waals surface area contributed by atoms with Gasteiger partial charge >= 0.3 is 0 Å². The molecule has 0 radical (unpaired) electrons. The van der Waals surface area contributed by atoms with Gasteiger partial charge in [0, 0.05) is 41.4 Å². The maximum absolute atomic E-state index is 12.6. The van der Waals surface area contributed by atoms with Gasteiger partial charge in [-0.2, -0.15) is 0 Å². The topological polar surface area (TPSA) is 76.0 Å². The number of hydrogen-bond acceptors (Lipinski definition) is 6. The zero-order chi connectivity index (χ0) is 21.0. The molecule has 2 fully saturated rings. The first kappa shape index (κ1) is 18.5. The van der Waals surface area contributed by atoms with Crippen LogP contribution >= 0.6 is 11.3 Å². The van der Waals surface area contributed by atoms with E-state index in [-0.39, 0.29) is 11.5 Å². The van der Waals surface area contributed by atoms with Gasteiger partial charge in [-0.25, -0.2) is 4.98 Å². The molecule has 7 heteroatoms. The van der Waals surface area contributed by atoms with Gasteiger partial charge in [0.1, 0.15) is 11.6 Å². The number of anilines is 1. The normalized spacial score (nSPS) is 31.9. The van der Waals surface area contributed by atoms with Gasteiger partial charge < -0.3 is 15.6 Å². The number of methoxy groups -OCH3 is 1. The van der Waals surface area contributed by atoms with Crippen LogP contribution in [0.2, 0.25) is 0 Å². The molecule has 2 aromatic heterocycles. The lowest BCUT2D eigenvalue weighted by Crippen LogP contribution is -2.74. The summed E-state index contributed by atoms with van der Waals surface area (Å²) in [5.41, 5.74) is 8.86. The molecule has 1 saturated heterocycles. The van der Waals surface area contributed by atoms with Crippen molar-refractivity contribution in [2.75, 3.05) is 25.9 Å². The Morgan fingerprint density at radius 1 is 1.32 bits per heavy atom. The zero-order valence-electron chi connectivity index (χ0n) is 17.8. The van der Waals surface area contributed by atoms with Gasteiger partial charge in [0.25, 0.3) is 0 Å². The molecular formula is C24H28N4O2S. The average Bonchev–Trinajstić information content (AvgIpc) is 3.42. The smallest absolute Gasteiger partial charge is 0.196 e. The Bertz CT molecular complexity index is 1210. The molecule has 0 unspecified atom stereocenters. The number of likely N-dealkylation sites (tertiary alicyclic amines) is 1. The number of aliphatic hydroxyl groups is 1. The van der Waals surface area contributed by atoms with Crippen LogP contribution in [0.15, 0.2) is 24.4 Å². The summed E-state index contributed by atoms with van der Waals surface area (Å²) in [5.74, 6) is 2.26. The van der Waals surface area contributed by atoms with Crippen molar-refractivity contribution in [3.8, 4) is 5.75 Å². The number of thiazole rings is 1. The van der Waals surface area contributed by atoms with Gasteiger partial charge in [-0.05, 0) is 61.4 Å². The minimum atomic E-state index is -0.777. The fraction of sp³-hybridized carbons (Fsp3) is 0.542. The lowest BCUT2D eigenvalue weighted by Gasteiger charge is -2.63. The molecule has 7 rings (SSSR count). The first-order chi connectivity index (χ1) is 15.0. The number of fused-ring (bicyclic) bond motifs is 4. The molecule has 3 aliphatic carbocycles. The molecule has 1 aliphatic heterocycles. The van der Waals surface area contributed by atoms with Crippen LogP contribution in [-0.2, 0) is 24.7 Å². The Kier molecular flexibility index (Phi) is 3.59. The van der Waals surface area contributed by atoms with Crippen LogP contribution in [0.5, 0.6) is 5.75 Å². The van der Waals surface area contributed by atoms with Crippen molar-refractivity contribution < 1.29 is 9.84 Å². The summed E-state index contributed by atoms with van der Waals surface area (Å²) in [6, 6.07) is 6.67. The van der Waals surface area contributed by atoms with Crippen LogP contribution in [0.25, 0.3) is 4.96 Å².